The van der Waals surface area contributed by atoms with Crippen molar-refractivity contribution in [1.82, 2.24) is 14.7 Å². The molecule has 4 N–H and O–H groups in total. The number of anilines is 5. The number of rotatable bonds is 7. The zero-order valence-electron chi connectivity index (χ0n) is 18.6. The molecule has 0 amide bonds. The highest BCUT2D eigenvalue weighted by Crippen LogP contribution is 2.36. The average Bonchev–Trinajstić information content (AvgIpc) is 3.24. The van der Waals surface area contributed by atoms with Crippen molar-refractivity contribution in [1.29, 1.82) is 0 Å². The van der Waals surface area contributed by atoms with Crippen LogP contribution in [0.15, 0.2) is 46.3 Å². The van der Waals surface area contributed by atoms with Crippen LogP contribution in [-0.4, -0.2) is 46.7 Å². The lowest BCUT2D eigenvalue weighted by Crippen LogP contribution is -2.19. The molecule has 3 aromatic rings. The standard InChI is InChI=1S/C21H23FN6O4S2/c1-12-4-5-13(10-18(12)34(31,32)23-2)26-21-25-11-15(22)20(28-21)27-17-7-6-16-14(8-9-24-16)19(17)33(3,29)30/h4-7,10-11,23-24H,8-9H2,1-3H3,(H2,25,26,27,28). The second-order valence-electron chi connectivity index (χ2n) is 7.75. The summed E-state index contributed by atoms with van der Waals surface area (Å²) in [5.74, 6) is -1.03. The third-order valence-corrected chi connectivity index (χ3v) is 8.09. The Labute approximate surface area is 197 Å². The fourth-order valence-corrected chi connectivity index (χ4v) is 5.91. The maximum Gasteiger partial charge on any atom is 0.240 e. The van der Waals surface area contributed by atoms with Gasteiger partial charge in [0.05, 0.1) is 21.7 Å². The highest BCUT2D eigenvalue weighted by molar-refractivity contribution is 7.91. The fourth-order valence-electron chi connectivity index (χ4n) is 3.73. The minimum Gasteiger partial charge on any atom is -0.384 e. The van der Waals surface area contributed by atoms with Crippen LogP contribution in [0.25, 0.3) is 0 Å². The number of sulfonamides is 1. The van der Waals surface area contributed by atoms with Gasteiger partial charge in [-0.3, -0.25) is 0 Å². The Kier molecular flexibility index (Phi) is 6.18. The first-order valence-corrected chi connectivity index (χ1v) is 13.6. The van der Waals surface area contributed by atoms with E-state index in [1.165, 1.54) is 13.1 Å². The molecule has 4 rings (SSSR count). The number of sulfone groups is 1. The molecule has 2 aromatic carbocycles. The fraction of sp³-hybridized carbons (Fsp3) is 0.238. The number of benzene rings is 2. The van der Waals surface area contributed by atoms with Crippen LogP contribution < -0.4 is 20.7 Å². The van der Waals surface area contributed by atoms with Crippen molar-refractivity contribution in [3.8, 4) is 0 Å². The van der Waals surface area contributed by atoms with Gasteiger partial charge in [0.2, 0.25) is 16.0 Å². The van der Waals surface area contributed by atoms with Crippen molar-refractivity contribution < 1.29 is 21.2 Å². The van der Waals surface area contributed by atoms with Gasteiger partial charge in [0, 0.05) is 24.2 Å². The highest BCUT2D eigenvalue weighted by atomic mass is 32.2. The quantitative estimate of drug-likeness (QED) is 0.380. The molecule has 0 saturated carbocycles. The van der Waals surface area contributed by atoms with E-state index < -0.39 is 25.7 Å². The molecule has 1 aliphatic rings. The Morgan fingerprint density at radius 2 is 1.85 bits per heavy atom. The number of nitrogens with zero attached hydrogens (tertiary/aromatic N) is 2. The predicted octanol–water partition coefficient (Wildman–Crippen LogP) is 2.69. The largest absolute Gasteiger partial charge is 0.384 e. The van der Waals surface area contributed by atoms with Gasteiger partial charge < -0.3 is 16.0 Å². The smallest absolute Gasteiger partial charge is 0.240 e. The van der Waals surface area contributed by atoms with Gasteiger partial charge in [0.15, 0.2) is 21.5 Å². The first-order valence-electron chi connectivity index (χ1n) is 10.2. The number of aryl methyl sites for hydroxylation is 1. The normalized spacial score (nSPS) is 13.3. The summed E-state index contributed by atoms with van der Waals surface area (Å²) in [5.41, 5.74) is 2.48. The predicted molar refractivity (Wildman–Crippen MR) is 128 cm³/mol. The van der Waals surface area contributed by atoms with E-state index in [0.717, 1.165) is 18.1 Å². The topological polar surface area (TPSA) is 142 Å². The molecule has 2 heterocycles. The van der Waals surface area contributed by atoms with Gasteiger partial charge in [-0.25, -0.2) is 30.9 Å². The Morgan fingerprint density at radius 1 is 1.09 bits per heavy atom. The lowest BCUT2D eigenvalue weighted by Gasteiger charge is -2.15. The van der Waals surface area contributed by atoms with Crippen LogP contribution in [0.1, 0.15) is 11.1 Å². The van der Waals surface area contributed by atoms with Gasteiger partial charge in [-0.1, -0.05) is 6.07 Å². The SMILES string of the molecule is CNS(=O)(=O)c1cc(Nc2ncc(F)c(Nc3ccc4c(c3S(C)(=O)=O)CCN4)n2)ccc1C. The van der Waals surface area contributed by atoms with E-state index >= 15 is 0 Å². The summed E-state index contributed by atoms with van der Waals surface area (Å²) in [6, 6.07) is 7.95. The van der Waals surface area contributed by atoms with Gasteiger partial charge in [-0.05, 0) is 55.8 Å². The van der Waals surface area contributed by atoms with E-state index in [4.69, 9.17) is 0 Å². The highest BCUT2D eigenvalue weighted by Gasteiger charge is 2.25. The van der Waals surface area contributed by atoms with Crippen LogP contribution in [0.3, 0.4) is 0 Å². The molecule has 0 unspecified atom stereocenters. The van der Waals surface area contributed by atoms with Crippen LogP contribution >= 0.6 is 0 Å². The molecule has 0 aliphatic carbocycles. The van der Waals surface area contributed by atoms with Gasteiger partial charge >= 0.3 is 0 Å². The summed E-state index contributed by atoms with van der Waals surface area (Å²) >= 11 is 0. The van der Waals surface area contributed by atoms with E-state index in [-0.39, 0.29) is 27.2 Å². The average molecular weight is 507 g/mol. The van der Waals surface area contributed by atoms with Gasteiger partial charge in [-0.2, -0.15) is 4.98 Å². The summed E-state index contributed by atoms with van der Waals surface area (Å²) in [4.78, 5) is 8.20. The molecule has 0 atom stereocenters. The Hall–Kier alpha value is -3.29. The molecular weight excluding hydrogens is 483 g/mol. The molecule has 10 nitrogen and oxygen atoms in total. The van der Waals surface area contributed by atoms with E-state index in [9.17, 15) is 21.2 Å². The van der Waals surface area contributed by atoms with Crippen molar-refractivity contribution >= 4 is 48.7 Å². The molecule has 0 spiro atoms. The molecule has 0 bridgehead atoms. The van der Waals surface area contributed by atoms with Gasteiger partial charge in [-0.15, -0.1) is 0 Å². The third kappa shape index (κ3) is 4.67. The van der Waals surface area contributed by atoms with Crippen LogP contribution in [0.5, 0.6) is 0 Å². The molecule has 13 heteroatoms. The van der Waals surface area contributed by atoms with Crippen LogP contribution in [0, 0.1) is 12.7 Å². The summed E-state index contributed by atoms with van der Waals surface area (Å²) in [5, 5.41) is 8.76. The number of nitrogens with one attached hydrogen (secondary N) is 4. The number of aromatic nitrogens is 2. The van der Waals surface area contributed by atoms with Crippen molar-refractivity contribution in [2.24, 2.45) is 0 Å². The van der Waals surface area contributed by atoms with Gasteiger partial charge in [0.1, 0.15) is 0 Å². The second kappa shape index (κ2) is 8.81. The van der Waals surface area contributed by atoms with Crippen molar-refractivity contribution in [2.45, 2.75) is 23.1 Å². The summed E-state index contributed by atoms with van der Waals surface area (Å²) in [6.45, 7) is 2.27. The van der Waals surface area contributed by atoms with Crippen molar-refractivity contribution in [3.05, 3.63) is 53.5 Å². The van der Waals surface area contributed by atoms with Crippen LogP contribution in [0.4, 0.5) is 33.2 Å². The Bertz CT molecular complexity index is 1490. The van der Waals surface area contributed by atoms with E-state index in [1.54, 1.807) is 31.2 Å². The first kappa shape index (κ1) is 23.9. The molecule has 0 fully saturated rings. The lowest BCUT2D eigenvalue weighted by atomic mass is 10.1. The zero-order valence-corrected chi connectivity index (χ0v) is 20.2. The second-order valence-corrected chi connectivity index (χ2v) is 11.6. The van der Waals surface area contributed by atoms with Crippen LogP contribution in [-0.2, 0) is 26.3 Å². The monoisotopic (exact) mass is 506 g/mol. The molecule has 34 heavy (non-hydrogen) atoms. The molecule has 0 saturated heterocycles. The summed E-state index contributed by atoms with van der Waals surface area (Å²) in [6.07, 6.45) is 2.56. The lowest BCUT2D eigenvalue weighted by molar-refractivity contribution is 0.587. The number of halogens is 1. The van der Waals surface area contributed by atoms with Gasteiger partial charge in [0.25, 0.3) is 0 Å². The maximum absolute atomic E-state index is 14.6. The molecule has 1 aromatic heterocycles. The van der Waals surface area contributed by atoms with E-state index in [0.29, 0.717) is 29.8 Å². The molecule has 180 valence electrons. The summed E-state index contributed by atoms with van der Waals surface area (Å²) in [7, 11) is -6.00. The molecule has 0 radical (unpaired) electrons. The van der Waals surface area contributed by atoms with Crippen molar-refractivity contribution in [2.75, 3.05) is 35.8 Å². The summed E-state index contributed by atoms with van der Waals surface area (Å²) < 4.78 is 66.3. The first-order chi connectivity index (χ1) is 16.0. The maximum atomic E-state index is 14.6. The molecule has 1 aliphatic heterocycles. The number of fused-ring (bicyclic) bond motifs is 1. The number of hydrogen-bond acceptors (Lipinski definition) is 9. The number of hydrogen-bond donors (Lipinski definition) is 4. The zero-order chi connectivity index (χ0) is 24.7. The minimum absolute atomic E-state index is 0.00992. The Morgan fingerprint density at radius 3 is 2.56 bits per heavy atom. The molecular formula is C21H23FN6O4S2. The third-order valence-electron chi connectivity index (χ3n) is 5.32. The van der Waals surface area contributed by atoms with E-state index in [2.05, 4.69) is 30.6 Å². The van der Waals surface area contributed by atoms with E-state index in [1.807, 2.05) is 0 Å². The van der Waals surface area contributed by atoms with Crippen molar-refractivity contribution in [3.63, 3.8) is 0 Å². The van der Waals surface area contributed by atoms with Crippen LogP contribution in [0.2, 0.25) is 0 Å². The minimum atomic E-state index is -3.69. The Balaban J connectivity index is 1.69.